The first kappa shape index (κ1) is 12.0. The molecule has 0 aliphatic carbocycles. The van der Waals surface area contributed by atoms with E-state index in [4.69, 9.17) is 15.3 Å². The summed E-state index contributed by atoms with van der Waals surface area (Å²) >= 11 is 0. The number of para-hydroxylation sites is 1. The van der Waals surface area contributed by atoms with Crippen molar-refractivity contribution in [1.82, 2.24) is 0 Å². The van der Waals surface area contributed by atoms with Crippen molar-refractivity contribution in [2.24, 2.45) is 5.84 Å². The maximum Gasteiger partial charge on any atom is 0.306 e. The van der Waals surface area contributed by atoms with Gasteiger partial charge in [0.15, 0.2) is 0 Å². The summed E-state index contributed by atoms with van der Waals surface area (Å²) in [6.07, 6.45) is 0. The maximum atomic E-state index is 12.2. The van der Waals surface area contributed by atoms with Crippen LogP contribution in [0.1, 0.15) is 19.4 Å². The average molecular weight is 236 g/mol. The molecule has 0 fully saturated rings. The van der Waals surface area contributed by atoms with Crippen molar-refractivity contribution in [1.29, 1.82) is 0 Å². The number of amides is 1. The van der Waals surface area contributed by atoms with Crippen LogP contribution in [0.2, 0.25) is 0 Å². The minimum atomic E-state index is -1.38. The van der Waals surface area contributed by atoms with Gasteiger partial charge in [-0.1, -0.05) is 18.2 Å². The number of nitrogens with zero attached hydrogens (tertiary/aromatic N) is 1. The monoisotopic (exact) mass is 236 g/mol. The molecule has 1 aliphatic heterocycles. The van der Waals surface area contributed by atoms with Crippen molar-refractivity contribution < 1.29 is 14.3 Å². The smallest absolute Gasteiger partial charge is 0.306 e. The molecule has 0 atom stereocenters. The van der Waals surface area contributed by atoms with E-state index in [-0.39, 0.29) is 5.91 Å². The fourth-order valence-corrected chi connectivity index (χ4v) is 2.07. The molecule has 5 heteroatoms. The molecule has 5 nitrogen and oxygen atoms in total. The molecule has 0 bridgehead atoms. The van der Waals surface area contributed by atoms with E-state index < -0.39 is 5.79 Å². The number of hydrogen-bond donors (Lipinski definition) is 1. The van der Waals surface area contributed by atoms with Crippen molar-refractivity contribution in [3.05, 3.63) is 29.8 Å². The zero-order valence-corrected chi connectivity index (χ0v) is 9.97. The minimum absolute atomic E-state index is 0.369. The number of anilines is 1. The highest BCUT2D eigenvalue weighted by atomic mass is 16.7. The summed E-state index contributed by atoms with van der Waals surface area (Å²) < 4.78 is 11.1. The Bertz CT molecular complexity index is 428. The van der Waals surface area contributed by atoms with Crippen molar-refractivity contribution >= 4 is 11.6 Å². The molecule has 1 aliphatic rings. The normalized spacial score (nSPS) is 17.4. The second kappa shape index (κ2) is 4.44. The third kappa shape index (κ3) is 1.63. The van der Waals surface area contributed by atoms with Gasteiger partial charge < -0.3 is 9.47 Å². The summed E-state index contributed by atoms with van der Waals surface area (Å²) in [4.78, 5) is 12.2. The van der Waals surface area contributed by atoms with Crippen LogP contribution in [0.25, 0.3) is 0 Å². The first-order chi connectivity index (χ1) is 8.17. The van der Waals surface area contributed by atoms with E-state index in [1.165, 1.54) is 0 Å². The van der Waals surface area contributed by atoms with Gasteiger partial charge in [0.2, 0.25) is 0 Å². The fraction of sp³-hybridized carbons (Fsp3) is 0.417. The van der Waals surface area contributed by atoms with Crippen LogP contribution in [-0.4, -0.2) is 19.1 Å². The zero-order chi connectivity index (χ0) is 12.5. The summed E-state index contributed by atoms with van der Waals surface area (Å²) in [7, 11) is 0. The molecule has 1 amide bonds. The van der Waals surface area contributed by atoms with Crippen LogP contribution >= 0.6 is 0 Å². The lowest BCUT2D eigenvalue weighted by Crippen LogP contribution is -2.47. The van der Waals surface area contributed by atoms with Crippen LogP contribution in [0.3, 0.4) is 0 Å². The average Bonchev–Trinajstić information content (AvgIpc) is 2.55. The van der Waals surface area contributed by atoms with Gasteiger partial charge in [-0.25, -0.2) is 10.9 Å². The lowest BCUT2D eigenvalue weighted by molar-refractivity contribution is -0.228. The number of rotatable bonds is 4. The topological polar surface area (TPSA) is 64.8 Å². The molecule has 92 valence electrons. The highest BCUT2D eigenvalue weighted by Crippen LogP contribution is 2.41. The number of hydrazine groups is 1. The lowest BCUT2D eigenvalue weighted by atomic mass is 10.1. The number of carbonyl (C=O) groups is 1. The van der Waals surface area contributed by atoms with E-state index in [0.717, 1.165) is 5.01 Å². The largest absolute Gasteiger partial charge is 0.339 e. The molecular formula is C12H16N2O3. The van der Waals surface area contributed by atoms with Crippen LogP contribution in [0.15, 0.2) is 24.3 Å². The predicted molar refractivity (Wildman–Crippen MR) is 63.0 cm³/mol. The van der Waals surface area contributed by atoms with Crippen LogP contribution in [0.4, 0.5) is 5.69 Å². The molecular weight excluding hydrogens is 220 g/mol. The predicted octanol–water partition coefficient (Wildman–Crippen LogP) is 1.13. The first-order valence-corrected chi connectivity index (χ1v) is 5.64. The molecule has 2 rings (SSSR count). The summed E-state index contributed by atoms with van der Waals surface area (Å²) in [5.41, 5.74) is 1.29. The molecule has 0 saturated heterocycles. The lowest BCUT2D eigenvalue weighted by Gasteiger charge is -2.27. The Balaban J connectivity index is 2.55. The van der Waals surface area contributed by atoms with Gasteiger partial charge in [0.25, 0.3) is 5.79 Å². The zero-order valence-electron chi connectivity index (χ0n) is 9.97. The molecule has 0 spiro atoms. The van der Waals surface area contributed by atoms with E-state index in [0.29, 0.717) is 24.5 Å². The Morgan fingerprint density at radius 2 is 1.82 bits per heavy atom. The number of hydrogen-bond acceptors (Lipinski definition) is 4. The number of ether oxygens (including phenoxy) is 2. The first-order valence-electron chi connectivity index (χ1n) is 5.64. The van der Waals surface area contributed by atoms with Gasteiger partial charge in [0.05, 0.1) is 5.69 Å². The summed E-state index contributed by atoms with van der Waals surface area (Å²) in [5.74, 6) is 3.98. The standard InChI is InChI=1S/C12H16N2O3/c1-3-16-12(17-4-2)9-7-5-6-8-10(9)14(13)11(12)15/h5-8H,3-4,13H2,1-2H3. The third-order valence-corrected chi connectivity index (χ3v) is 2.71. The van der Waals surface area contributed by atoms with Crippen molar-refractivity contribution in [3.8, 4) is 0 Å². The second-order valence-electron chi connectivity index (χ2n) is 3.67. The van der Waals surface area contributed by atoms with E-state index in [2.05, 4.69) is 0 Å². The number of carbonyl (C=O) groups excluding carboxylic acids is 1. The summed E-state index contributed by atoms with van der Waals surface area (Å²) in [5, 5.41) is 1.08. The Hall–Kier alpha value is -1.43. The van der Waals surface area contributed by atoms with Crippen LogP contribution in [0.5, 0.6) is 0 Å². The number of fused-ring (bicyclic) bond motifs is 1. The molecule has 1 heterocycles. The number of nitrogens with two attached hydrogens (primary N) is 1. The molecule has 1 aromatic rings. The molecule has 1 aromatic carbocycles. The minimum Gasteiger partial charge on any atom is -0.339 e. The van der Waals surface area contributed by atoms with Crippen molar-refractivity contribution in [3.63, 3.8) is 0 Å². The third-order valence-electron chi connectivity index (χ3n) is 2.71. The van der Waals surface area contributed by atoms with Gasteiger partial charge in [-0.05, 0) is 19.9 Å². The molecule has 17 heavy (non-hydrogen) atoms. The van der Waals surface area contributed by atoms with Crippen LogP contribution < -0.4 is 10.9 Å². The van der Waals surface area contributed by atoms with E-state index in [1.807, 2.05) is 26.0 Å². The van der Waals surface area contributed by atoms with Crippen LogP contribution in [-0.2, 0) is 20.1 Å². The second-order valence-corrected chi connectivity index (χ2v) is 3.67. The van der Waals surface area contributed by atoms with E-state index in [9.17, 15) is 4.79 Å². The molecule has 2 N–H and O–H groups in total. The Labute approximate surface area is 100 Å². The Morgan fingerprint density at radius 1 is 1.24 bits per heavy atom. The van der Waals surface area contributed by atoms with Crippen molar-refractivity contribution in [2.45, 2.75) is 19.6 Å². The summed E-state index contributed by atoms with van der Waals surface area (Å²) in [6, 6.07) is 7.22. The van der Waals surface area contributed by atoms with Crippen molar-refractivity contribution in [2.75, 3.05) is 18.2 Å². The van der Waals surface area contributed by atoms with Gasteiger partial charge in [-0.15, -0.1) is 0 Å². The Morgan fingerprint density at radius 3 is 2.41 bits per heavy atom. The van der Waals surface area contributed by atoms with Crippen LogP contribution in [0, 0.1) is 0 Å². The molecule has 0 unspecified atom stereocenters. The highest BCUT2D eigenvalue weighted by Gasteiger charge is 2.52. The molecule has 0 saturated carbocycles. The van der Waals surface area contributed by atoms with E-state index in [1.54, 1.807) is 12.1 Å². The quantitative estimate of drug-likeness (QED) is 0.483. The summed E-state index contributed by atoms with van der Waals surface area (Å²) in [6.45, 7) is 4.37. The van der Waals surface area contributed by atoms with Gasteiger partial charge in [0, 0.05) is 18.8 Å². The number of benzene rings is 1. The van der Waals surface area contributed by atoms with Gasteiger partial charge >= 0.3 is 5.91 Å². The maximum absolute atomic E-state index is 12.2. The van der Waals surface area contributed by atoms with Gasteiger partial charge in [0.1, 0.15) is 0 Å². The molecule has 0 aromatic heterocycles. The van der Waals surface area contributed by atoms with Gasteiger partial charge in [-0.2, -0.15) is 0 Å². The Kier molecular flexibility index (Phi) is 3.15. The fourth-order valence-electron chi connectivity index (χ4n) is 2.07. The molecule has 0 radical (unpaired) electrons. The SMILES string of the molecule is CCOC1(OCC)C(=O)N(N)c2ccccc21. The highest BCUT2D eigenvalue weighted by molar-refractivity contribution is 6.05. The van der Waals surface area contributed by atoms with E-state index >= 15 is 0 Å². The van der Waals surface area contributed by atoms with Gasteiger partial charge in [-0.3, -0.25) is 4.79 Å².